The first kappa shape index (κ1) is 14.9. The minimum atomic E-state index is -3.62. The molecule has 5 nitrogen and oxygen atoms in total. The highest BCUT2D eigenvalue weighted by atomic mass is 32.1. The fraction of sp³-hybridized carbons (Fsp3) is 0.182. The van der Waals surface area contributed by atoms with Crippen molar-refractivity contribution in [1.29, 1.82) is 0 Å². The van der Waals surface area contributed by atoms with Gasteiger partial charge in [-0.1, -0.05) is 37.0 Å². The van der Waals surface area contributed by atoms with Crippen molar-refractivity contribution >= 4 is 30.7 Å². The van der Waals surface area contributed by atoms with E-state index in [2.05, 4.69) is 20.9 Å². The highest BCUT2D eigenvalue weighted by Crippen LogP contribution is 2.49. The summed E-state index contributed by atoms with van der Waals surface area (Å²) in [6.45, 7) is 3.57. The number of nitrogens with one attached hydrogen (secondary N) is 1. The van der Waals surface area contributed by atoms with E-state index in [1.165, 1.54) is 14.2 Å². The number of phosphoric ester groups is 1. The van der Waals surface area contributed by atoms with Crippen molar-refractivity contribution in [1.82, 2.24) is 0 Å². The molecule has 0 aromatic heterocycles. The molecular formula is C11H14NO4PS. The maximum atomic E-state index is 11.7. The number of hydrogen-bond acceptors (Lipinski definition) is 5. The smallest absolute Gasteiger partial charge is 0.401 e. The van der Waals surface area contributed by atoms with Crippen LogP contribution in [-0.4, -0.2) is 19.2 Å². The van der Waals surface area contributed by atoms with Crippen LogP contribution in [-0.2, 0) is 18.1 Å². The fourth-order valence-corrected chi connectivity index (χ4v) is 1.93. The van der Waals surface area contributed by atoms with E-state index < -0.39 is 7.82 Å². The number of para-hydroxylation sites is 1. The summed E-state index contributed by atoms with van der Waals surface area (Å²) in [6, 6.07) is 9.23. The van der Waals surface area contributed by atoms with E-state index in [0.29, 0.717) is 0 Å². The van der Waals surface area contributed by atoms with Crippen LogP contribution in [0.5, 0.6) is 0 Å². The Labute approximate surface area is 111 Å². The molecular weight excluding hydrogens is 273 g/mol. The third-order valence-electron chi connectivity index (χ3n) is 1.95. The molecule has 1 rings (SSSR count). The summed E-state index contributed by atoms with van der Waals surface area (Å²) in [5.41, 5.74) is 0.775. The molecule has 0 spiro atoms. The van der Waals surface area contributed by atoms with Crippen molar-refractivity contribution < 1.29 is 18.1 Å². The van der Waals surface area contributed by atoms with Gasteiger partial charge in [0.2, 0.25) is 0 Å². The largest absolute Gasteiger partial charge is 0.529 e. The number of rotatable bonds is 6. The molecule has 0 atom stereocenters. The number of hydrogen-bond donors (Lipinski definition) is 1. The molecule has 0 aliphatic rings. The third-order valence-corrected chi connectivity index (χ3v) is 3.62. The average Bonchev–Trinajstić information content (AvgIpc) is 2.39. The van der Waals surface area contributed by atoms with Crippen molar-refractivity contribution in [2.45, 2.75) is 0 Å². The molecule has 0 aliphatic heterocycles. The predicted octanol–water partition coefficient (Wildman–Crippen LogP) is 3.36. The Morgan fingerprint density at radius 3 is 2.33 bits per heavy atom. The van der Waals surface area contributed by atoms with E-state index in [4.69, 9.17) is 16.7 Å². The lowest BCUT2D eigenvalue weighted by Crippen LogP contribution is -2.13. The number of thiocarbonyl (C=S) groups is 1. The summed E-state index contributed by atoms with van der Waals surface area (Å²) in [6.07, 6.45) is 0. The topological polar surface area (TPSA) is 56.8 Å². The molecule has 1 N–H and O–H groups in total. The van der Waals surface area contributed by atoms with Crippen LogP contribution in [0.2, 0.25) is 0 Å². The van der Waals surface area contributed by atoms with Gasteiger partial charge in [0.1, 0.15) is 4.99 Å². The van der Waals surface area contributed by atoms with Crippen molar-refractivity contribution in [3.63, 3.8) is 0 Å². The van der Waals surface area contributed by atoms with Crippen LogP contribution in [0, 0.1) is 0 Å². The van der Waals surface area contributed by atoms with Crippen LogP contribution in [0.1, 0.15) is 0 Å². The molecule has 7 heteroatoms. The normalized spacial score (nSPS) is 10.8. The molecule has 0 saturated heterocycles. The second-order valence-electron chi connectivity index (χ2n) is 3.15. The Kier molecular flexibility index (Phi) is 5.50. The van der Waals surface area contributed by atoms with Crippen molar-refractivity contribution in [2.24, 2.45) is 0 Å². The van der Waals surface area contributed by atoms with Gasteiger partial charge >= 0.3 is 7.82 Å². The van der Waals surface area contributed by atoms with Gasteiger partial charge in [0, 0.05) is 19.9 Å². The van der Waals surface area contributed by atoms with E-state index in [1.54, 1.807) is 0 Å². The summed E-state index contributed by atoms with van der Waals surface area (Å²) in [5, 5.41) is 2.89. The zero-order chi connectivity index (χ0) is 13.6. The summed E-state index contributed by atoms with van der Waals surface area (Å²) in [5.74, 6) is 0.0147. The second kappa shape index (κ2) is 6.66. The molecule has 0 saturated carbocycles. The van der Waals surface area contributed by atoms with Gasteiger partial charge in [0.15, 0.2) is 5.76 Å². The number of anilines is 1. The molecule has 1 aromatic carbocycles. The monoisotopic (exact) mass is 287 g/mol. The lowest BCUT2D eigenvalue weighted by atomic mass is 10.3. The third kappa shape index (κ3) is 4.23. The van der Waals surface area contributed by atoms with Gasteiger partial charge in [0.05, 0.1) is 0 Å². The van der Waals surface area contributed by atoms with Crippen molar-refractivity contribution in [3.05, 3.63) is 42.7 Å². The zero-order valence-corrected chi connectivity index (χ0v) is 11.8. The van der Waals surface area contributed by atoms with Crippen LogP contribution >= 0.6 is 20.0 Å². The first-order valence-electron chi connectivity index (χ1n) is 4.97. The van der Waals surface area contributed by atoms with E-state index >= 15 is 0 Å². The Bertz CT molecular complexity index is 469. The highest BCUT2D eigenvalue weighted by Gasteiger charge is 2.26. The number of benzene rings is 1. The maximum absolute atomic E-state index is 11.7. The quantitative estimate of drug-likeness (QED) is 0.375. The maximum Gasteiger partial charge on any atom is 0.529 e. The second-order valence-corrected chi connectivity index (χ2v) is 5.36. The predicted molar refractivity (Wildman–Crippen MR) is 74.5 cm³/mol. The van der Waals surface area contributed by atoms with Gasteiger partial charge < -0.3 is 9.84 Å². The summed E-state index contributed by atoms with van der Waals surface area (Å²) in [4.78, 5) is 0.204. The van der Waals surface area contributed by atoms with Gasteiger partial charge in [-0.2, -0.15) is 0 Å². The summed E-state index contributed by atoms with van der Waals surface area (Å²) in [7, 11) is -1.20. The first-order chi connectivity index (χ1) is 8.50. The molecule has 98 valence electrons. The van der Waals surface area contributed by atoms with Crippen LogP contribution in [0.4, 0.5) is 5.69 Å². The minimum absolute atomic E-state index is 0.0147. The Hall–Kier alpha value is -1.20. The van der Waals surface area contributed by atoms with Crippen LogP contribution in [0.3, 0.4) is 0 Å². The Morgan fingerprint density at radius 1 is 1.28 bits per heavy atom. The first-order valence-corrected chi connectivity index (χ1v) is 6.84. The van der Waals surface area contributed by atoms with E-state index in [0.717, 1.165) is 5.69 Å². The average molecular weight is 287 g/mol. The highest BCUT2D eigenvalue weighted by molar-refractivity contribution is 7.81. The lowest BCUT2D eigenvalue weighted by Gasteiger charge is -2.16. The molecule has 0 unspecified atom stereocenters. The van der Waals surface area contributed by atoms with Gasteiger partial charge in [-0.15, -0.1) is 0 Å². The van der Waals surface area contributed by atoms with Gasteiger partial charge in [-0.05, 0) is 12.1 Å². The van der Waals surface area contributed by atoms with E-state index in [9.17, 15) is 4.57 Å². The molecule has 0 aliphatic carbocycles. The molecule has 0 fully saturated rings. The van der Waals surface area contributed by atoms with Gasteiger partial charge in [-0.3, -0.25) is 9.05 Å². The Balaban J connectivity index is 2.63. The molecule has 0 radical (unpaired) electrons. The van der Waals surface area contributed by atoms with E-state index in [1.807, 2.05) is 30.3 Å². The van der Waals surface area contributed by atoms with Crippen LogP contribution < -0.4 is 5.32 Å². The molecule has 0 heterocycles. The van der Waals surface area contributed by atoms with Gasteiger partial charge in [-0.25, -0.2) is 4.57 Å². The van der Waals surface area contributed by atoms with Crippen LogP contribution in [0.25, 0.3) is 0 Å². The van der Waals surface area contributed by atoms with Crippen molar-refractivity contribution in [2.75, 3.05) is 19.5 Å². The van der Waals surface area contributed by atoms with Gasteiger partial charge in [0.25, 0.3) is 0 Å². The molecule has 0 amide bonds. The lowest BCUT2D eigenvalue weighted by molar-refractivity contribution is 0.189. The molecule has 0 bridgehead atoms. The standard InChI is InChI=1S/C11H14NO4PS/c1-9(16-17(13,14-2)15-3)11(18)12-10-7-5-4-6-8-10/h4-8H,1H2,2-3H3,(H,12,18). The SMILES string of the molecule is C=C(OP(=O)(OC)OC)C(=S)Nc1ccccc1. The molecule has 18 heavy (non-hydrogen) atoms. The molecule has 1 aromatic rings. The minimum Gasteiger partial charge on any atom is -0.401 e. The van der Waals surface area contributed by atoms with E-state index in [-0.39, 0.29) is 10.7 Å². The number of phosphoric acid groups is 1. The van der Waals surface area contributed by atoms with Crippen molar-refractivity contribution in [3.8, 4) is 0 Å². The fourth-order valence-electron chi connectivity index (χ4n) is 1.05. The Morgan fingerprint density at radius 2 is 1.83 bits per heavy atom. The summed E-state index contributed by atoms with van der Waals surface area (Å²) < 4.78 is 25.9. The van der Waals surface area contributed by atoms with Crippen LogP contribution in [0.15, 0.2) is 42.7 Å². The zero-order valence-electron chi connectivity index (χ0n) is 10.1. The summed E-state index contributed by atoms with van der Waals surface area (Å²) >= 11 is 5.05.